The first-order valence-electron chi connectivity index (χ1n) is 13.3. The van der Waals surface area contributed by atoms with E-state index in [0.717, 1.165) is 59.1 Å². The number of hydrogen-bond donors (Lipinski definition) is 4. The predicted octanol–water partition coefficient (Wildman–Crippen LogP) is 10.1. The van der Waals surface area contributed by atoms with E-state index in [2.05, 4.69) is 9.97 Å². The molecule has 4 N–H and O–H groups in total. The maximum atomic E-state index is 12.9. The molecule has 0 atom stereocenters. The molecule has 0 fully saturated rings. The van der Waals surface area contributed by atoms with Crippen LogP contribution in [-0.2, 0) is 12.4 Å². The number of rotatable bonds is 6. The summed E-state index contributed by atoms with van der Waals surface area (Å²) < 4.78 is 77.5. The van der Waals surface area contributed by atoms with Crippen molar-refractivity contribution in [3.05, 3.63) is 129 Å². The standard InChI is InChI=1S/C32H20F6N6S3/c33-31(34,35)19-11-7-17(8-12-19)21-3-1-5-23(43-21)27(39)46-29(41)25-15-16-26(45-25)30(42)47-28(40)24-6-2-4-22(44-24)18-9-13-20(14-10-18)32(36,37)38/h1-16,39-42H. The summed E-state index contributed by atoms with van der Waals surface area (Å²) in [6, 6.07) is 21.9. The van der Waals surface area contributed by atoms with Gasteiger partial charge >= 0.3 is 12.4 Å². The molecular weight excluding hydrogens is 679 g/mol. The Kier molecular flexibility index (Phi) is 9.79. The van der Waals surface area contributed by atoms with Gasteiger partial charge in [0.05, 0.1) is 43.7 Å². The first-order chi connectivity index (χ1) is 22.2. The molecule has 5 aromatic rings. The van der Waals surface area contributed by atoms with E-state index in [1.807, 2.05) is 0 Å². The van der Waals surface area contributed by atoms with Gasteiger partial charge in [0, 0.05) is 11.1 Å². The molecule has 47 heavy (non-hydrogen) atoms. The third-order valence-corrected chi connectivity index (χ3v) is 9.49. The Morgan fingerprint density at radius 2 is 0.851 bits per heavy atom. The Hall–Kier alpha value is -4.60. The van der Waals surface area contributed by atoms with Crippen LogP contribution >= 0.6 is 34.9 Å². The molecule has 6 nitrogen and oxygen atoms in total. The molecule has 238 valence electrons. The SMILES string of the molecule is N=C(SC(=N)c1ccc(C(=N)SC(=N)c2cccc(-c3ccc(C(F)(F)F)cc3)n2)s1)c1cccc(-c2ccc(C(F)(F)F)cc2)n1. The highest BCUT2D eigenvalue weighted by atomic mass is 32.2. The largest absolute Gasteiger partial charge is 0.416 e. The van der Waals surface area contributed by atoms with Crippen molar-refractivity contribution < 1.29 is 26.3 Å². The van der Waals surface area contributed by atoms with Gasteiger partial charge in [0.2, 0.25) is 0 Å². The second kappa shape index (κ2) is 13.6. The second-order valence-electron chi connectivity index (χ2n) is 9.65. The highest BCUT2D eigenvalue weighted by Gasteiger charge is 2.31. The quantitative estimate of drug-likeness (QED) is 0.0801. The van der Waals surface area contributed by atoms with Gasteiger partial charge in [-0.15, -0.1) is 11.3 Å². The number of pyridine rings is 2. The normalized spacial score (nSPS) is 11.7. The molecule has 0 saturated carbocycles. The van der Waals surface area contributed by atoms with Gasteiger partial charge in [-0.1, -0.05) is 36.4 Å². The number of hydrogen-bond acceptors (Lipinski definition) is 9. The van der Waals surface area contributed by atoms with E-state index in [1.165, 1.54) is 24.3 Å². The first kappa shape index (κ1) is 33.8. The van der Waals surface area contributed by atoms with Crippen molar-refractivity contribution in [1.29, 1.82) is 21.6 Å². The average Bonchev–Trinajstić information content (AvgIpc) is 3.55. The zero-order valence-electron chi connectivity index (χ0n) is 23.6. The summed E-state index contributed by atoms with van der Waals surface area (Å²) in [5.74, 6) is 0. The number of alkyl halides is 6. The Morgan fingerprint density at radius 3 is 1.19 bits per heavy atom. The number of benzene rings is 2. The second-order valence-corrected chi connectivity index (χ2v) is 12.8. The molecule has 3 aromatic heterocycles. The van der Waals surface area contributed by atoms with Crippen LogP contribution in [0.25, 0.3) is 22.5 Å². The predicted molar refractivity (Wildman–Crippen MR) is 176 cm³/mol. The lowest BCUT2D eigenvalue weighted by Gasteiger charge is -2.09. The number of nitrogens with one attached hydrogen (secondary N) is 4. The summed E-state index contributed by atoms with van der Waals surface area (Å²) in [5, 5.41) is 33.9. The fourth-order valence-corrected chi connectivity index (χ4v) is 6.47. The number of thiophene rings is 1. The Labute approximate surface area is 276 Å². The van der Waals surface area contributed by atoms with Crippen LogP contribution in [0.4, 0.5) is 26.3 Å². The van der Waals surface area contributed by atoms with Crippen LogP contribution in [-0.4, -0.2) is 30.1 Å². The zero-order chi connectivity index (χ0) is 33.9. The third kappa shape index (κ3) is 8.22. The molecule has 0 spiro atoms. The minimum Gasteiger partial charge on any atom is -0.292 e. The molecule has 0 bridgehead atoms. The summed E-state index contributed by atoms with van der Waals surface area (Å²) >= 11 is 2.77. The van der Waals surface area contributed by atoms with Crippen molar-refractivity contribution in [3.63, 3.8) is 0 Å². The van der Waals surface area contributed by atoms with Crippen molar-refractivity contribution in [2.45, 2.75) is 12.4 Å². The molecule has 15 heteroatoms. The molecule has 2 aromatic carbocycles. The molecule has 0 radical (unpaired) electrons. The van der Waals surface area contributed by atoms with Gasteiger partial charge in [-0.2, -0.15) is 26.3 Å². The van der Waals surface area contributed by atoms with Crippen LogP contribution in [0.1, 0.15) is 32.3 Å². The van der Waals surface area contributed by atoms with Gasteiger partial charge in [0.15, 0.2) is 0 Å². The highest BCUT2D eigenvalue weighted by molar-refractivity contribution is 8.27. The summed E-state index contributed by atoms with van der Waals surface area (Å²) in [7, 11) is 0. The maximum Gasteiger partial charge on any atom is 0.416 e. The lowest BCUT2D eigenvalue weighted by Crippen LogP contribution is -2.05. The van der Waals surface area contributed by atoms with Crippen LogP contribution in [0.5, 0.6) is 0 Å². The van der Waals surface area contributed by atoms with E-state index in [0.29, 0.717) is 32.3 Å². The Bertz CT molecular complexity index is 1840. The van der Waals surface area contributed by atoms with Crippen LogP contribution in [0, 0.1) is 21.6 Å². The summed E-state index contributed by atoms with van der Waals surface area (Å²) in [6.45, 7) is 0. The topological polar surface area (TPSA) is 121 Å². The Balaban J connectivity index is 1.21. The minimum absolute atomic E-state index is 0.0202. The summed E-state index contributed by atoms with van der Waals surface area (Å²) in [4.78, 5) is 9.70. The molecule has 0 amide bonds. The van der Waals surface area contributed by atoms with E-state index in [4.69, 9.17) is 21.6 Å². The molecule has 0 aliphatic rings. The van der Waals surface area contributed by atoms with E-state index in [1.54, 1.807) is 48.5 Å². The Morgan fingerprint density at radius 1 is 0.489 bits per heavy atom. The van der Waals surface area contributed by atoms with Gasteiger partial charge < -0.3 is 0 Å². The fourth-order valence-electron chi connectivity index (χ4n) is 4.10. The molecule has 5 rings (SSSR count). The monoisotopic (exact) mass is 698 g/mol. The molecule has 3 heterocycles. The highest BCUT2D eigenvalue weighted by Crippen LogP contribution is 2.33. The van der Waals surface area contributed by atoms with Gasteiger partial charge in [-0.05, 0) is 84.2 Å². The molecule has 0 aliphatic carbocycles. The van der Waals surface area contributed by atoms with Crippen LogP contribution in [0.2, 0.25) is 0 Å². The molecule has 0 aliphatic heterocycles. The average molecular weight is 699 g/mol. The van der Waals surface area contributed by atoms with E-state index < -0.39 is 23.5 Å². The van der Waals surface area contributed by atoms with Gasteiger partial charge in [-0.3, -0.25) is 21.6 Å². The van der Waals surface area contributed by atoms with Gasteiger partial charge in [0.1, 0.15) is 20.2 Å². The zero-order valence-corrected chi connectivity index (χ0v) is 26.1. The molecule has 0 saturated heterocycles. The van der Waals surface area contributed by atoms with Crippen molar-refractivity contribution in [2.75, 3.05) is 0 Å². The first-order valence-corrected chi connectivity index (χ1v) is 15.7. The summed E-state index contributed by atoms with van der Waals surface area (Å²) in [5.41, 5.74) is 0.536. The van der Waals surface area contributed by atoms with Crippen molar-refractivity contribution >= 4 is 55.0 Å². The van der Waals surface area contributed by atoms with Crippen LogP contribution in [0.3, 0.4) is 0 Å². The number of nitrogens with zero attached hydrogens (tertiary/aromatic N) is 2. The molecular formula is C32H20F6N6S3. The number of halogens is 6. The van der Waals surface area contributed by atoms with Gasteiger partial charge in [-0.25, -0.2) is 9.97 Å². The van der Waals surface area contributed by atoms with Gasteiger partial charge in [0.25, 0.3) is 0 Å². The lowest BCUT2D eigenvalue weighted by molar-refractivity contribution is -0.138. The van der Waals surface area contributed by atoms with E-state index in [-0.39, 0.29) is 31.6 Å². The van der Waals surface area contributed by atoms with E-state index in [9.17, 15) is 26.3 Å². The smallest absolute Gasteiger partial charge is 0.292 e. The van der Waals surface area contributed by atoms with Crippen LogP contribution in [0.15, 0.2) is 97.1 Å². The van der Waals surface area contributed by atoms with Crippen molar-refractivity contribution in [3.8, 4) is 22.5 Å². The number of aromatic nitrogens is 2. The third-order valence-electron chi connectivity index (χ3n) is 6.44. The summed E-state index contributed by atoms with van der Waals surface area (Å²) in [6.07, 6.45) is -8.92. The molecule has 0 unspecified atom stereocenters. The van der Waals surface area contributed by atoms with E-state index >= 15 is 0 Å². The lowest BCUT2D eigenvalue weighted by atomic mass is 10.1. The number of thioether (sulfide) groups is 2. The fraction of sp³-hybridized carbons (Fsp3) is 0.0625. The van der Waals surface area contributed by atoms with Crippen LogP contribution < -0.4 is 0 Å². The van der Waals surface area contributed by atoms with Crippen molar-refractivity contribution in [1.82, 2.24) is 9.97 Å². The maximum absolute atomic E-state index is 12.9. The minimum atomic E-state index is -4.46. The van der Waals surface area contributed by atoms with Crippen molar-refractivity contribution in [2.24, 2.45) is 0 Å².